The summed E-state index contributed by atoms with van der Waals surface area (Å²) in [6.45, 7) is 0.968. The minimum absolute atomic E-state index is 0.0894. The van der Waals surface area contributed by atoms with Crippen molar-refractivity contribution in [2.24, 2.45) is 5.84 Å². The van der Waals surface area contributed by atoms with E-state index < -0.39 is 24.2 Å². The van der Waals surface area contributed by atoms with Gasteiger partial charge in [-0.1, -0.05) is 0 Å². The fourth-order valence-corrected chi connectivity index (χ4v) is 2.22. The molecule has 1 aliphatic rings. The molecule has 0 amide bonds. The summed E-state index contributed by atoms with van der Waals surface area (Å²) >= 11 is 0. The predicted octanol–water partition coefficient (Wildman–Crippen LogP) is 1.36. The van der Waals surface area contributed by atoms with Crippen molar-refractivity contribution < 1.29 is 22.6 Å². The van der Waals surface area contributed by atoms with Crippen LogP contribution in [0.25, 0.3) is 0 Å². The summed E-state index contributed by atoms with van der Waals surface area (Å²) in [5.74, 6) is 5.36. The Morgan fingerprint density at radius 1 is 1.41 bits per heavy atom. The van der Waals surface area contributed by atoms with E-state index in [1.165, 1.54) is 7.11 Å². The average Bonchev–Trinajstić information content (AvgIpc) is 2.29. The first-order chi connectivity index (χ1) is 7.93. The Balaban J connectivity index is 2.62. The fourth-order valence-electron chi connectivity index (χ4n) is 2.22. The molecule has 1 aliphatic heterocycles. The van der Waals surface area contributed by atoms with Gasteiger partial charge in [0.1, 0.15) is 0 Å². The van der Waals surface area contributed by atoms with Gasteiger partial charge in [-0.05, 0) is 6.42 Å². The highest BCUT2D eigenvalue weighted by Crippen LogP contribution is 2.32. The Morgan fingerprint density at radius 3 is 2.41 bits per heavy atom. The van der Waals surface area contributed by atoms with E-state index in [1.807, 2.05) is 0 Å². The molecule has 1 unspecified atom stereocenters. The standard InChI is InChI=1S/C10H19F3N2O2/c1-16-9(4-6-17-7-5-9)8(15-14)2-3-10(11,12)13/h8,15H,2-7,14H2,1H3. The molecule has 0 aliphatic carbocycles. The fraction of sp³-hybridized carbons (Fsp3) is 1.00. The van der Waals surface area contributed by atoms with Crippen LogP contribution in [0.4, 0.5) is 13.2 Å². The third-order valence-electron chi connectivity index (χ3n) is 3.30. The molecule has 0 spiro atoms. The average molecular weight is 256 g/mol. The van der Waals surface area contributed by atoms with Crippen molar-refractivity contribution in [1.82, 2.24) is 5.43 Å². The number of alkyl halides is 3. The molecule has 0 aromatic carbocycles. The molecule has 7 heteroatoms. The van der Waals surface area contributed by atoms with Crippen LogP contribution >= 0.6 is 0 Å². The minimum Gasteiger partial charge on any atom is -0.381 e. The molecule has 1 heterocycles. The second kappa shape index (κ2) is 5.99. The lowest BCUT2D eigenvalue weighted by atomic mass is 9.84. The first kappa shape index (κ1) is 14.7. The molecule has 1 atom stereocenters. The highest BCUT2D eigenvalue weighted by molar-refractivity contribution is 4.94. The molecular formula is C10H19F3N2O2. The Labute approximate surface area is 98.6 Å². The number of nitrogens with two attached hydrogens (primary N) is 1. The molecule has 0 bridgehead atoms. The quantitative estimate of drug-likeness (QED) is 0.576. The van der Waals surface area contributed by atoms with Gasteiger partial charge in [-0.3, -0.25) is 11.3 Å². The van der Waals surface area contributed by atoms with Crippen LogP contribution in [0.1, 0.15) is 25.7 Å². The lowest BCUT2D eigenvalue weighted by Gasteiger charge is -2.42. The van der Waals surface area contributed by atoms with Crippen molar-refractivity contribution in [2.75, 3.05) is 20.3 Å². The van der Waals surface area contributed by atoms with Gasteiger partial charge < -0.3 is 9.47 Å². The maximum Gasteiger partial charge on any atom is 0.389 e. The highest BCUT2D eigenvalue weighted by atomic mass is 19.4. The molecule has 1 fully saturated rings. The Bertz CT molecular complexity index is 230. The summed E-state index contributed by atoms with van der Waals surface area (Å²) in [5.41, 5.74) is 1.80. The van der Waals surface area contributed by atoms with Crippen LogP contribution in [-0.4, -0.2) is 38.1 Å². The number of ether oxygens (including phenoxy) is 2. The van der Waals surface area contributed by atoms with Gasteiger partial charge in [0, 0.05) is 39.6 Å². The van der Waals surface area contributed by atoms with Crippen LogP contribution in [0.2, 0.25) is 0 Å². The summed E-state index contributed by atoms with van der Waals surface area (Å²) in [7, 11) is 1.50. The normalized spacial score (nSPS) is 22.4. The van der Waals surface area contributed by atoms with Gasteiger partial charge in [-0.2, -0.15) is 13.2 Å². The Hall–Kier alpha value is -0.370. The molecule has 1 saturated heterocycles. The molecule has 0 saturated carbocycles. The van der Waals surface area contributed by atoms with Crippen molar-refractivity contribution in [3.63, 3.8) is 0 Å². The lowest BCUT2D eigenvalue weighted by molar-refractivity contribution is -0.148. The minimum atomic E-state index is -4.17. The van der Waals surface area contributed by atoms with E-state index in [-0.39, 0.29) is 6.42 Å². The summed E-state index contributed by atoms with van der Waals surface area (Å²) in [6, 6.07) is -0.516. The molecule has 17 heavy (non-hydrogen) atoms. The topological polar surface area (TPSA) is 56.5 Å². The zero-order chi connectivity index (χ0) is 12.9. The predicted molar refractivity (Wildman–Crippen MR) is 56.2 cm³/mol. The second-order valence-corrected chi connectivity index (χ2v) is 4.25. The van der Waals surface area contributed by atoms with Gasteiger partial charge in [-0.15, -0.1) is 0 Å². The van der Waals surface area contributed by atoms with Gasteiger partial charge in [0.25, 0.3) is 0 Å². The Kier molecular flexibility index (Phi) is 5.18. The van der Waals surface area contributed by atoms with Crippen molar-refractivity contribution >= 4 is 0 Å². The zero-order valence-electron chi connectivity index (χ0n) is 9.85. The molecule has 102 valence electrons. The number of nitrogens with one attached hydrogen (secondary N) is 1. The van der Waals surface area contributed by atoms with Crippen LogP contribution in [-0.2, 0) is 9.47 Å². The number of hydrogen-bond acceptors (Lipinski definition) is 4. The first-order valence-corrected chi connectivity index (χ1v) is 5.59. The van der Waals surface area contributed by atoms with Gasteiger partial charge in [0.2, 0.25) is 0 Å². The number of hydrazine groups is 1. The van der Waals surface area contributed by atoms with Crippen LogP contribution in [0.5, 0.6) is 0 Å². The molecule has 0 aromatic heterocycles. The van der Waals surface area contributed by atoms with Crippen molar-refractivity contribution in [2.45, 2.75) is 43.5 Å². The van der Waals surface area contributed by atoms with Gasteiger partial charge in [-0.25, -0.2) is 0 Å². The number of methoxy groups -OCH3 is 1. The summed E-state index contributed by atoms with van der Waals surface area (Å²) in [4.78, 5) is 0. The second-order valence-electron chi connectivity index (χ2n) is 4.25. The van der Waals surface area contributed by atoms with Gasteiger partial charge >= 0.3 is 6.18 Å². The van der Waals surface area contributed by atoms with Crippen molar-refractivity contribution in [3.05, 3.63) is 0 Å². The highest BCUT2D eigenvalue weighted by Gasteiger charge is 2.41. The zero-order valence-corrected chi connectivity index (χ0v) is 9.85. The molecule has 1 rings (SSSR count). The van der Waals surface area contributed by atoms with Crippen molar-refractivity contribution in [1.29, 1.82) is 0 Å². The van der Waals surface area contributed by atoms with E-state index in [4.69, 9.17) is 15.3 Å². The maximum absolute atomic E-state index is 12.2. The lowest BCUT2D eigenvalue weighted by Crippen LogP contribution is -2.57. The molecule has 0 aromatic rings. The summed E-state index contributed by atoms with van der Waals surface area (Å²) < 4.78 is 47.2. The Morgan fingerprint density at radius 2 is 2.00 bits per heavy atom. The van der Waals surface area contributed by atoms with Crippen LogP contribution < -0.4 is 11.3 Å². The van der Waals surface area contributed by atoms with E-state index in [0.717, 1.165) is 0 Å². The number of hydrogen-bond donors (Lipinski definition) is 2. The summed E-state index contributed by atoms with van der Waals surface area (Å²) in [5, 5.41) is 0. The number of rotatable bonds is 5. The smallest absolute Gasteiger partial charge is 0.381 e. The molecule has 4 nitrogen and oxygen atoms in total. The van der Waals surface area contributed by atoms with E-state index in [0.29, 0.717) is 26.1 Å². The van der Waals surface area contributed by atoms with E-state index in [2.05, 4.69) is 5.43 Å². The third-order valence-corrected chi connectivity index (χ3v) is 3.30. The van der Waals surface area contributed by atoms with Crippen LogP contribution in [0.15, 0.2) is 0 Å². The summed E-state index contributed by atoms with van der Waals surface area (Å²) in [6.07, 6.45) is -4.02. The molecule has 3 N–H and O–H groups in total. The first-order valence-electron chi connectivity index (χ1n) is 5.59. The van der Waals surface area contributed by atoms with Crippen LogP contribution in [0.3, 0.4) is 0 Å². The molecular weight excluding hydrogens is 237 g/mol. The van der Waals surface area contributed by atoms with E-state index in [1.54, 1.807) is 0 Å². The third kappa shape index (κ3) is 4.09. The van der Waals surface area contributed by atoms with Gasteiger partial charge in [0.15, 0.2) is 0 Å². The monoisotopic (exact) mass is 256 g/mol. The number of halogens is 3. The van der Waals surface area contributed by atoms with Gasteiger partial charge in [0.05, 0.1) is 11.6 Å². The van der Waals surface area contributed by atoms with Crippen LogP contribution in [0, 0.1) is 0 Å². The van der Waals surface area contributed by atoms with Crippen molar-refractivity contribution in [3.8, 4) is 0 Å². The maximum atomic E-state index is 12.2. The molecule has 0 radical (unpaired) electrons. The largest absolute Gasteiger partial charge is 0.389 e. The van der Waals surface area contributed by atoms with E-state index in [9.17, 15) is 13.2 Å². The van der Waals surface area contributed by atoms with E-state index >= 15 is 0 Å². The SMILES string of the molecule is COC1(C(CCC(F)(F)F)NN)CCOCC1.